The lowest BCUT2D eigenvalue weighted by Crippen LogP contribution is -2.51. The summed E-state index contributed by atoms with van der Waals surface area (Å²) in [5.74, 6) is 3.35. The molecule has 4 fully saturated rings. The molecule has 0 saturated heterocycles. The molecule has 1 heterocycles. The lowest BCUT2D eigenvalue weighted by Gasteiger charge is -2.56. The van der Waals surface area contributed by atoms with Gasteiger partial charge in [0.05, 0.1) is 5.69 Å². The zero-order chi connectivity index (χ0) is 18.3. The van der Waals surface area contributed by atoms with Crippen molar-refractivity contribution in [2.24, 2.45) is 23.2 Å². The van der Waals surface area contributed by atoms with Gasteiger partial charge in [-0.25, -0.2) is 4.68 Å². The summed E-state index contributed by atoms with van der Waals surface area (Å²) >= 11 is 0. The Morgan fingerprint density at radius 1 is 1.11 bits per heavy atom. The van der Waals surface area contributed by atoms with E-state index >= 15 is 0 Å². The number of rotatable bonds is 6. The first kappa shape index (κ1) is 16.7. The Kier molecular flexibility index (Phi) is 4.10. The van der Waals surface area contributed by atoms with Gasteiger partial charge in [0.15, 0.2) is 6.61 Å². The molecule has 0 atom stereocenters. The maximum absolute atomic E-state index is 12.3. The summed E-state index contributed by atoms with van der Waals surface area (Å²) in [5, 5.41) is 14.2. The summed E-state index contributed by atoms with van der Waals surface area (Å²) in [6.45, 7) is 0.869. The number of benzene rings is 1. The number of nitrogens with zero attached hydrogens (tertiary/aromatic N) is 4. The summed E-state index contributed by atoms with van der Waals surface area (Å²) in [7, 11) is 0. The van der Waals surface area contributed by atoms with Crippen LogP contribution in [-0.2, 0) is 4.79 Å². The monoisotopic (exact) mass is 367 g/mol. The summed E-state index contributed by atoms with van der Waals surface area (Å²) in [6, 6.07) is 7.37. The molecule has 1 amide bonds. The molecule has 1 aromatic carbocycles. The number of ether oxygens (including phenoxy) is 1. The van der Waals surface area contributed by atoms with Crippen LogP contribution in [0.2, 0.25) is 0 Å². The third kappa shape index (κ3) is 3.42. The molecule has 4 saturated carbocycles. The Morgan fingerprint density at radius 2 is 1.78 bits per heavy atom. The fourth-order valence-electron chi connectivity index (χ4n) is 5.97. The Morgan fingerprint density at radius 3 is 2.37 bits per heavy atom. The Balaban J connectivity index is 1.12. The van der Waals surface area contributed by atoms with Gasteiger partial charge in [0.1, 0.15) is 12.1 Å². The van der Waals surface area contributed by atoms with Crippen molar-refractivity contribution in [1.29, 1.82) is 0 Å². The van der Waals surface area contributed by atoms with Gasteiger partial charge in [0, 0.05) is 6.54 Å². The first-order valence-corrected chi connectivity index (χ1v) is 9.90. The highest BCUT2D eigenvalue weighted by molar-refractivity contribution is 5.77. The number of carbonyl (C=O) groups excluding carboxylic acids is 1. The zero-order valence-electron chi connectivity index (χ0n) is 15.4. The van der Waals surface area contributed by atoms with E-state index in [4.69, 9.17) is 4.74 Å². The molecular weight excluding hydrogens is 342 g/mol. The molecular formula is C20H25N5O2. The van der Waals surface area contributed by atoms with Crippen molar-refractivity contribution in [2.75, 3.05) is 13.2 Å². The van der Waals surface area contributed by atoms with Gasteiger partial charge in [-0.15, -0.1) is 5.10 Å². The van der Waals surface area contributed by atoms with Crippen molar-refractivity contribution < 1.29 is 9.53 Å². The first-order chi connectivity index (χ1) is 13.2. The van der Waals surface area contributed by atoms with E-state index in [0.717, 1.165) is 30.0 Å². The van der Waals surface area contributed by atoms with E-state index in [1.165, 1.54) is 44.9 Å². The molecule has 1 N–H and O–H groups in total. The van der Waals surface area contributed by atoms with Gasteiger partial charge < -0.3 is 10.1 Å². The fraction of sp³-hybridized carbons (Fsp3) is 0.600. The minimum absolute atomic E-state index is 0.0321. The fourth-order valence-corrected chi connectivity index (χ4v) is 5.97. The highest BCUT2D eigenvalue weighted by atomic mass is 16.5. The van der Waals surface area contributed by atoms with Crippen LogP contribution in [0.5, 0.6) is 5.75 Å². The third-order valence-electron chi connectivity index (χ3n) is 6.65. The van der Waals surface area contributed by atoms with Gasteiger partial charge in [-0.1, -0.05) is 0 Å². The van der Waals surface area contributed by atoms with E-state index in [0.29, 0.717) is 11.2 Å². The maximum atomic E-state index is 12.3. The van der Waals surface area contributed by atoms with Gasteiger partial charge in [-0.2, -0.15) is 0 Å². The minimum atomic E-state index is -0.0321. The van der Waals surface area contributed by atoms with Gasteiger partial charge in [0.2, 0.25) is 0 Å². The summed E-state index contributed by atoms with van der Waals surface area (Å²) in [5.41, 5.74) is 1.20. The van der Waals surface area contributed by atoms with E-state index in [2.05, 4.69) is 20.8 Å². The lowest BCUT2D eigenvalue weighted by molar-refractivity contribution is -0.125. The largest absolute Gasteiger partial charge is 0.484 e. The van der Waals surface area contributed by atoms with E-state index in [9.17, 15) is 4.79 Å². The quantitative estimate of drug-likeness (QED) is 0.848. The molecule has 6 rings (SSSR count). The summed E-state index contributed by atoms with van der Waals surface area (Å²) in [6.07, 6.45) is 9.73. The van der Waals surface area contributed by atoms with E-state index in [-0.39, 0.29) is 12.5 Å². The molecule has 4 bridgehead atoms. The molecule has 142 valence electrons. The number of hydrogen-bond acceptors (Lipinski definition) is 5. The predicted octanol–water partition coefficient (Wildman–Crippen LogP) is 2.37. The highest BCUT2D eigenvalue weighted by Gasteiger charge is 2.50. The van der Waals surface area contributed by atoms with Gasteiger partial charge >= 0.3 is 0 Å². The van der Waals surface area contributed by atoms with Crippen LogP contribution in [0, 0.1) is 23.2 Å². The Labute approximate surface area is 158 Å². The maximum Gasteiger partial charge on any atom is 0.257 e. The molecule has 4 aliphatic carbocycles. The van der Waals surface area contributed by atoms with Crippen molar-refractivity contribution in [3.05, 3.63) is 30.6 Å². The van der Waals surface area contributed by atoms with Crippen LogP contribution in [0.1, 0.15) is 38.5 Å². The zero-order valence-corrected chi connectivity index (χ0v) is 15.4. The van der Waals surface area contributed by atoms with E-state index in [1.807, 2.05) is 24.3 Å². The predicted molar refractivity (Wildman–Crippen MR) is 98.3 cm³/mol. The van der Waals surface area contributed by atoms with Crippen LogP contribution in [0.15, 0.2) is 30.6 Å². The molecule has 0 aliphatic heterocycles. The average Bonchev–Trinajstić information content (AvgIpc) is 3.19. The molecule has 7 heteroatoms. The van der Waals surface area contributed by atoms with Crippen molar-refractivity contribution >= 4 is 5.91 Å². The molecule has 27 heavy (non-hydrogen) atoms. The lowest BCUT2D eigenvalue weighted by atomic mass is 9.49. The second-order valence-corrected chi connectivity index (χ2v) is 8.73. The van der Waals surface area contributed by atoms with Crippen molar-refractivity contribution in [3.63, 3.8) is 0 Å². The normalized spacial score (nSPS) is 31.0. The van der Waals surface area contributed by atoms with Crippen LogP contribution < -0.4 is 10.1 Å². The third-order valence-corrected chi connectivity index (χ3v) is 6.65. The van der Waals surface area contributed by atoms with Crippen molar-refractivity contribution in [1.82, 2.24) is 25.5 Å². The van der Waals surface area contributed by atoms with Gasteiger partial charge in [-0.05, 0) is 96.4 Å². The topological polar surface area (TPSA) is 81.9 Å². The van der Waals surface area contributed by atoms with Crippen LogP contribution >= 0.6 is 0 Å². The number of aromatic nitrogens is 4. The first-order valence-electron chi connectivity index (χ1n) is 9.90. The van der Waals surface area contributed by atoms with Gasteiger partial charge in [0.25, 0.3) is 5.91 Å². The number of amides is 1. The van der Waals surface area contributed by atoms with Crippen LogP contribution in [-0.4, -0.2) is 39.3 Å². The standard InChI is InChI=1S/C20H25N5O2/c26-19(11-27-18-3-1-17(2-4-18)25-13-22-23-24-25)21-12-20-8-14-5-15(9-20)7-16(6-14)10-20/h1-4,13-16H,5-12H2,(H,21,26). The van der Waals surface area contributed by atoms with Crippen molar-refractivity contribution in [2.45, 2.75) is 38.5 Å². The molecule has 1 aromatic heterocycles. The smallest absolute Gasteiger partial charge is 0.257 e. The number of carbonyl (C=O) groups is 1. The molecule has 0 spiro atoms. The molecule has 7 nitrogen and oxygen atoms in total. The second-order valence-electron chi connectivity index (χ2n) is 8.73. The van der Waals surface area contributed by atoms with E-state index in [1.54, 1.807) is 4.68 Å². The Hall–Kier alpha value is -2.44. The summed E-state index contributed by atoms with van der Waals surface area (Å²) in [4.78, 5) is 12.3. The number of nitrogens with one attached hydrogen (secondary N) is 1. The molecule has 2 aromatic rings. The second kappa shape index (κ2) is 6.62. The van der Waals surface area contributed by atoms with E-state index < -0.39 is 0 Å². The minimum Gasteiger partial charge on any atom is -0.484 e. The molecule has 4 aliphatic rings. The molecule has 0 unspecified atom stereocenters. The number of tetrazole rings is 1. The molecule has 0 radical (unpaired) electrons. The highest BCUT2D eigenvalue weighted by Crippen LogP contribution is 2.59. The SMILES string of the molecule is O=C(COc1ccc(-n2cnnn2)cc1)NCC12CC3CC(CC(C3)C1)C2. The van der Waals surface area contributed by atoms with Crippen LogP contribution in [0.25, 0.3) is 5.69 Å². The van der Waals surface area contributed by atoms with Crippen molar-refractivity contribution in [3.8, 4) is 11.4 Å². The van der Waals surface area contributed by atoms with Gasteiger partial charge in [-0.3, -0.25) is 4.79 Å². The number of hydrogen-bond donors (Lipinski definition) is 1. The Bertz CT molecular complexity index is 767. The van der Waals surface area contributed by atoms with Crippen LogP contribution in [0.3, 0.4) is 0 Å². The average molecular weight is 367 g/mol. The summed E-state index contributed by atoms with van der Waals surface area (Å²) < 4.78 is 7.21. The van der Waals surface area contributed by atoms with Crippen LogP contribution in [0.4, 0.5) is 0 Å².